The summed E-state index contributed by atoms with van der Waals surface area (Å²) in [7, 11) is 0. The van der Waals surface area contributed by atoms with Crippen molar-refractivity contribution >= 4 is 23.9 Å². The van der Waals surface area contributed by atoms with Gasteiger partial charge in [-0.15, -0.1) is 0 Å². The first kappa shape index (κ1) is 27.0. The highest BCUT2D eigenvalue weighted by Gasteiger charge is 2.16. The zero-order valence-electron chi connectivity index (χ0n) is 17.0. The summed E-state index contributed by atoms with van der Waals surface area (Å²) in [6.45, 7) is 8.88. The molecule has 168 valence electrons. The van der Waals surface area contributed by atoms with Crippen molar-refractivity contribution in [3.8, 4) is 0 Å². The van der Waals surface area contributed by atoms with Crippen LogP contribution in [0.15, 0.2) is 37.5 Å². The Bertz CT molecular complexity index is 585. The quantitative estimate of drug-likeness (QED) is 0.226. The van der Waals surface area contributed by atoms with Crippen molar-refractivity contribution in [3.63, 3.8) is 0 Å². The molecule has 0 aromatic heterocycles. The van der Waals surface area contributed by atoms with Crippen LogP contribution in [-0.2, 0) is 38.1 Å². The van der Waals surface area contributed by atoms with Gasteiger partial charge in [0.15, 0.2) is 0 Å². The van der Waals surface area contributed by atoms with Gasteiger partial charge in [0.05, 0.1) is 12.2 Å². The van der Waals surface area contributed by atoms with Crippen LogP contribution in [0.4, 0.5) is 0 Å². The highest BCUT2D eigenvalue weighted by atomic mass is 16.6. The highest BCUT2D eigenvalue weighted by molar-refractivity contribution is 5.91. The predicted molar refractivity (Wildman–Crippen MR) is 104 cm³/mol. The van der Waals surface area contributed by atoms with Crippen LogP contribution in [-0.4, -0.2) is 71.7 Å². The molecule has 0 aromatic carbocycles. The summed E-state index contributed by atoms with van der Waals surface area (Å²) < 4.78 is 19.3. The van der Waals surface area contributed by atoms with E-state index in [0.717, 1.165) is 24.3 Å². The van der Waals surface area contributed by atoms with Crippen molar-refractivity contribution in [1.29, 1.82) is 0 Å². The molecular weight excluding hydrogens is 400 g/mol. The summed E-state index contributed by atoms with van der Waals surface area (Å²) >= 11 is 0. The lowest BCUT2D eigenvalue weighted by atomic mass is 10.2. The second kappa shape index (κ2) is 14.9. The van der Waals surface area contributed by atoms with Crippen LogP contribution in [0.1, 0.15) is 26.7 Å². The van der Waals surface area contributed by atoms with Gasteiger partial charge in [0.2, 0.25) is 0 Å². The maximum Gasteiger partial charge on any atom is 0.331 e. The number of hydrogen-bond donors (Lipinski definition) is 2. The Morgan fingerprint density at radius 3 is 1.37 bits per heavy atom. The molecule has 0 spiro atoms. The number of carbonyl (C=O) groups is 4. The third kappa shape index (κ3) is 14.1. The second-order valence-corrected chi connectivity index (χ2v) is 6.28. The van der Waals surface area contributed by atoms with Crippen molar-refractivity contribution < 1.29 is 48.3 Å². The van der Waals surface area contributed by atoms with Crippen LogP contribution in [0.5, 0.6) is 0 Å². The number of carbonyl (C=O) groups excluding carboxylic acids is 4. The molecule has 4 unspecified atom stereocenters. The first-order valence-electron chi connectivity index (χ1n) is 9.11. The monoisotopic (exact) mass is 428 g/mol. The van der Waals surface area contributed by atoms with E-state index in [9.17, 15) is 29.4 Å². The zero-order chi connectivity index (χ0) is 23.1. The molecule has 0 amide bonds. The lowest BCUT2D eigenvalue weighted by Gasteiger charge is -2.16. The number of hydrogen-bond acceptors (Lipinski definition) is 10. The van der Waals surface area contributed by atoms with E-state index in [-0.39, 0.29) is 26.1 Å². The molecule has 0 saturated heterocycles. The summed E-state index contributed by atoms with van der Waals surface area (Å²) in [5, 5.41) is 19.5. The molecule has 0 aliphatic carbocycles. The van der Waals surface area contributed by atoms with E-state index in [1.165, 1.54) is 0 Å². The molecule has 0 aromatic rings. The molecule has 0 fully saturated rings. The fourth-order valence-electron chi connectivity index (χ4n) is 2.08. The molecule has 10 heteroatoms. The molecule has 0 bridgehead atoms. The van der Waals surface area contributed by atoms with E-state index in [4.69, 9.17) is 18.9 Å². The van der Waals surface area contributed by atoms with Crippen LogP contribution >= 0.6 is 0 Å². The topological polar surface area (TPSA) is 146 Å². The third-order valence-corrected chi connectivity index (χ3v) is 3.37. The van der Waals surface area contributed by atoms with Gasteiger partial charge in [-0.3, -0.25) is 0 Å². The predicted octanol–water partition coefficient (Wildman–Crippen LogP) is 0.366. The van der Waals surface area contributed by atoms with Crippen LogP contribution < -0.4 is 0 Å². The van der Waals surface area contributed by atoms with Crippen molar-refractivity contribution in [1.82, 2.24) is 0 Å². The molecule has 30 heavy (non-hydrogen) atoms. The van der Waals surface area contributed by atoms with Gasteiger partial charge >= 0.3 is 23.9 Å². The number of aliphatic hydroxyl groups is 2. The third-order valence-electron chi connectivity index (χ3n) is 3.37. The Morgan fingerprint density at radius 1 is 0.733 bits per heavy atom. The van der Waals surface area contributed by atoms with E-state index in [1.54, 1.807) is 13.8 Å². The van der Waals surface area contributed by atoms with E-state index in [0.29, 0.717) is 0 Å². The zero-order valence-corrected chi connectivity index (χ0v) is 17.0. The molecule has 2 N–H and O–H groups in total. The summed E-state index contributed by atoms with van der Waals surface area (Å²) in [5.74, 6) is -3.06. The van der Waals surface area contributed by atoms with E-state index in [2.05, 4.69) is 13.2 Å². The number of ether oxygens (including phenoxy) is 4. The van der Waals surface area contributed by atoms with Crippen molar-refractivity contribution in [2.45, 2.75) is 51.1 Å². The molecule has 0 saturated carbocycles. The molecule has 4 atom stereocenters. The molecule has 0 aliphatic heterocycles. The van der Waals surface area contributed by atoms with Gasteiger partial charge in [0, 0.05) is 37.1 Å². The summed E-state index contributed by atoms with van der Waals surface area (Å²) in [6, 6.07) is 0. The van der Waals surface area contributed by atoms with E-state index < -0.39 is 48.3 Å². The number of aliphatic hydroxyl groups excluding tert-OH is 2. The minimum Gasteiger partial charge on any atom is -0.460 e. The van der Waals surface area contributed by atoms with Gasteiger partial charge in [0.25, 0.3) is 0 Å². The lowest BCUT2D eigenvalue weighted by molar-refractivity contribution is -0.147. The summed E-state index contributed by atoms with van der Waals surface area (Å²) in [5.41, 5.74) is 0. The SMILES string of the molecule is C=CC(=O)OC(C)CC(O)COC(=O)/C=C\C(=O)OCC(O)CC(C)OC(=O)C=C. The summed E-state index contributed by atoms with van der Waals surface area (Å²) in [4.78, 5) is 45.1. The highest BCUT2D eigenvalue weighted by Crippen LogP contribution is 2.05. The van der Waals surface area contributed by atoms with E-state index >= 15 is 0 Å². The number of esters is 4. The van der Waals surface area contributed by atoms with Crippen LogP contribution in [0.3, 0.4) is 0 Å². The Hall–Kier alpha value is -2.98. The van der Waals surface area contributed by atoms with Crippen molar-refractivity contribution in [2.24, 2.45) is 0 Å². The molecule has 0 heterocycles. The Kier molecular flexibility index (Phi) is 13.5. The van der Waals surface area contributed by atoms with Gasteiger partial charge in [-0.05, 0) is 13.8 Å². The normalized spacial score (nSPS) is 14.7. The molecular formula is C20H28O10. The first-order chi connectivity index (χ1) is 14.1. The summed E-state index contributed by atoms with van der Waals surface area (Å²) in [6.07, 6.45) is 0.299. The Labute approximate surface area is 174 Å². The average Bonchev–Trinajstić information content (AvgIpc) is 2.68. The van der Waals surface area contributed by atoms with E-state index in [1.807, 2.05) is 0 Å². The van der Waals surface area contributed by atoms with Crippen molar-refractivity contribution in [2.75, 3.05) is 13.2 Å². The van der Waals surface area contributed by atoms with Gasteiger partial charge in [-0.1, -0.05) is 13.2 Å². The smallest absolute Gasteiger partial charge is 0.331 e. The molecule has 0 rings (SSSR count). The largest absolute Gasteiger partial charge is 0.460 e. The van der Waals surface area contributed by atoms with Gasteiger partial charge in [-0.25, -0.2) is 19.2 Å². The molecule has 0 aliphatic rings. The maximum absolute atomic E-state index is 11.5. The van der Waals surface area contributed by atoms with Crippen LogP contribution in [0.25, 0.3) is 0 Å². The van der Waals surface area contributed by atoms with Gasteiger partial charge in [-0.2, -0.15) is 0 Å². The standard InChI is InChI=1S/C20H28O10/c1-5-17(23)29-13(3)9-15(21)11-27-19(25)7-8-20(26)28-12-16(22)10-14(4)30-18(24)6-2/h5-8,13-16,21-22H,1-2,9-12H2,3-4H3/b8-7-. The fraction of sp³-hybridized carbons (Fsp3) is 0.500. The minimum absolute atomic E-state index is 0.0387. The number of rotatable bonds is 14. The maximum atomic E-state index is 11.5. The van der Waals surface area contributed by atoms with Gasteiger partial charge < -0.3 is 29.2 Å². The molecule has 10 nitrogen and oxygen atoms in total. The van der Waals surface area contributed by atoms with Crippen molar-refractivity contribution in [3.05, 3.63) is 37.5 Å². The Morgan fingerprint density at radius 2 is 1.07 bits per heavy atom. The minimum atomic E-state index is -1.07. The van der Waals surface area contributed by atoms with Crippen LogP contribution in [0.2, 0.25) is 0 Å². The molecule has 0 radical (unpaired) electrons. The fourth-order valence-corrected chi connectivity index (χ4v) is 2.08. The first-order valence-corrected chi connectivity index (χ1v) is 9.11. The van der Waals surface area contributed by atoms with Crippen LogP contribution in [0, 0.1) is 0 Å². The second-order valence-electron chi connectivity index (χ2n) is 6.28. The lowest BCUT2D eigenvalue weighted by Crippen LogP contribution is -2.25. The average molecular weight is 428 g/mol. The Balaban J connectivity index is 4.13. The van der Waals surface area contributed by atoms with Gasteiger partial charge in [0.1, 0.15) is 25.4 Å².